The third-order valence-electron chi connectivity index (χ3n) is 4.65. The number of hydrogen-bond acceptors (Lipinski definition) is 5. The quantitative estimate of drug-likeness (QED) is 0.449. The van der Waals surface area contributed by atoms with Crippen molar-refractivity contribution in [3.8, 4) is 11.5 Å². The van der Waals surface area contributed by atoms with Gasteiger partial charge in [0.1, 0.15) is 30.8 Å². The van der Waals surface area contributed by atoms with Gasteiger partial charge in [-0.15, -0.1) is 0 Å². The summed E-state index contributed by atoms with van der Waals surface area (Å²) >= 11 is 0. The monoisotopic (exact) mass is 424 g/mol. The fourth-order valence-corrected chi connectivity index (χ4v) is 3.13. The Morgan fingerprint density at radius 1 is 1.10 bits per heavy atom. The number of carbonyl (C=O) groups is 1. The molecule has 1 N–H and O–H groups in total. The molecule has 0 aliphatic heterocycles. The van der Waals surface area contributed by atoms with Crippen LogP contribution < -0.4 is 9.47 Å². The first-order chi connectivity index (χ1) is 15.1. The first-order valence-electron chi connectivity index (χ1n) is 10.4. The zero-order valence-corrected chi connectivity index (χ0v) is 17.6. The molecule has 0 saturated heterocycles. The average molecular weight is 424 g/mol. The maximum Gasteiger partial charge on any atom is 0.303 e. The lowest BCUT2D eigenvalue weighted by molar-refractivity contribution is -0.136. The Hall–Kier alpha value is -3.32. The van der Waals surface area contributed by atoms with E-state index in [1.54, 1.807) is 6.20 Å². The molecule has 7 nitrogen and oxygen atoms in total. The van der Waals surface area contributed by atoms with E-state index in [9.17, 15) is 4.79 Å². The first-order valence-corrected chi connectivity index (χ1v) is 10.4. The molecule has 7 heteroatoms. The molecule has 0 spiro atoms. The molecule has 0 bridgehead atoms. The number of aromatic nitrogens is 2. The van der Waals surface area contributed by atoms with Gasteiger partial charge in [-0.2, -0.15) is 5.10 Å². The van der Waals surface area contributed by atoms with Crippen LogP contribution in [0.15, 0.2) is 67.0 Å². The summed E-state index contributed by atoms with van der Waals surface area (Å²) in [6.45, 7) is 3.73. The second-order valence-electron chi connectivity index (χ2n) is 7.05. The minimum Gasteiger partial charge on any atom is -0.491 e. The van der Waals surface area contributed by atoms with Gasteiger partial charge >= 0.3 is 5.97 Å². The normalized spacial score (nSPS) is 11.8. The van der Waals surface area contributed by atoms with Crippen LogP contribution in [-0.4, -0.2) is 46.8 Å². The Morgan fingerprint density at radius 3 is 2.61 bits per heavy atom. The fourth-order valence-electron chi connectivity index (χ4n) is 3.13. The highest BCUT2D eigenvalue weighted by Gasteiger charge is 2.14. The highest BCUT2D eigenvalue weighted by atomic mass is 16.6. The van der Waals surface area contributed by atoms with Gasteiger partial charge in [-0.25, -0.2) is 0 Å². The zero-order chi connectivity index (χ0) is 21.9. The van der Waals surface area contributed by atoms with Gasteiger partial charge in [0.2, 0.25) is 0 Å². The van der Waals surface area contributed by atoms with E-state index in [1.807, 2.05) is 72.4 Å². The molecule has 0 amide bonds. The molecule has 1 heterocycles. The average Bonchev–Trinajstić information content (AvgIpc) is 3.28. The van der Waals surface area contributed by atoms with Gasteiger partial charge in [0, 0.05) is 25.4 Å². The first kappa shape index (κ1) is 22.4. The maximum atomic E-state index is 11.0. The molecule has 3 aromatic rings. The van der Waals surface area contributed by atoms with Crippen LogP contribution in [0, 0.1) is 0 Å². The fraction of sp³-hybridized carbons (Fsp3) is 0.333. The van der Waals surface area contributed by atoms with Crippen molar-refractivity contribution in [1.29, 1.82) is 0 Å². The molecule has 164 valence electrons. The number of aryl methyl sites for hydroxylation is 1. The molecule has 1 atom stereocenters. The molecule has 1 aromatic heterocycles. The molecule has 0 aliphatic rings. The van der Waals surface area contributed by atoms with Crippen LogP contribution in [0.25, 0.3) is 0 Å². The number of aliphatic carboxylic acids is 1. The number of carboxylic acids is 1. The predicted molar refractivity (Wildman–Crippen MR) is 117 cm³/mol. The van der Waals surface area contributed by atoms with E-state index in [4.69, 9.17) is 19.3 Å². The van der Waals surface area contributed by atoms with Crippen molar-refractivity contribution in [2.24, 2.45) is 0 Å². The van der Waals surface area contributed by atoms with E-state index < -0.39 is 5.97 Å². The summed E-state index contributed by atoms with van der Waals surface area (Å²) in [6.07, 6.45) is 3.81. The van der Waals surface area contributed by atoms with Crippen molar-refractivity contribution < 1.29 is 24.1 Å². The van der Waals surface area contributed by atoms with Crippen molar-refractivity contribution in [1.82, 2.24) is 9.78 Å². The van der Waals surface area contributed by atoms with Gasteiger partial charge in [0.25, 0.3) is 0 Å². The highest BCUT2D eigenvalue weighted by molar-refractivity contribution is 5.67. The number of benzene rings is 2. The SMILES string of the molecule is CCOC(COc1ccccc1)COc1cc(Cn2cccn2)ccc1CCC(=O)O. The minimum absolute atomic E-state index is 0.0425. The molecule has 31 heavy (non-hydrogen) atoms. The third kappa shape index (κ3) is 7.46. The lowest BCUT2D eigenvalue weighted by Crippen LogP contribution is -2.29. The Bertz CT molecular complexity index is 928. The minimum atomic E-state index is -0.838. The molecule has 0 radical (unpaired) electrons. The third-order valence-corrected chi connectivity index (χ3v) is 4.65. The second kappa shape index (κ2) is 11.8. The van der Waals surface area contributed by atoms with Gasteiger partial charge in [-0.3, -0.25) is 9.48 Å². The van der Waals surface area contributed by atoms with Gasteiger partial charge < -0.3 is 19.3 Å². The summed E-state index contributed by atoms with van der Waals surface area (Å²) in [6, 6.07) is 17.3. The second-order valence-corrected chi connectivity index (χ2v) is 7.05. The van der Waals surface area contributed by atoms with Gasteiger partial charge in [0.15, 0.2) is 0 Å². The number of rotatable bonds is 13. The molecular weight excluding hydrogens is 396 g/mol. The van der Waals surface area contributed by atoms with E-state index in [0.29, 0.717) is 38.5 Å². The standard InChI is InChI=1S/C24H28N2O5/c1-2-29-22(17-30-21-7-4-3-5-8-21)18-31-23-15-19(16-26-14-6-13-25-26)9-10-20(23)11-12-24(27)28/h3-10,13-15,22H,2,11-12,16-18H2,1H3,(H,27,28). The summed E-state index contributed by atoms with van der Waals surface area (Å²) in [4.78, 5) is 11.0. The maximum absolute atomic E-state index is 11.0. The summed E-state index contributed by atoms with van der Waals surface area (Å²) in [5, 5.41) is 13.3. The number of hydrogen-bond donors (Lipinski definition) is 1. The largest absolute Gasteiger partial charge is 0.491 e. The van der Waals surface area contributed by atoms with Crippen molar-refractivity contribution in [3.63, 3.8) is 0 Å². The zero-order valence-electron chi connectivity index (χ0n) is 17.6. The lowest BCUT2D eigenvalue weighted by Gasteiger charge is -2.20. The number of ether oxygens (including phenoxy) is 3. The van der Waals surface area contributed by atoms with Crippen LogP contribution in [0.2, 0.25) is 0 Å². The van der Waals surface area contributed by atoms with Crippen LogP contribution >= 0.6 is 0 Å². The summed E-state index contributed by atoms with van der Waals surface area (Å²) in [5.74, 6) is 0.598. The van der Waals surface area contributed by atoms with Crippen molar-refractivity contribution in [2.75, 3.05) is 19.8 Å². The van der Waals surface area contributed by atoms with Crippen molar-refractivity contribution in [3.05, 3.63) is 78.1 Å². The highest BCUT2D eigenvalue weighted by Crippen LogP contribution is 2.23. The Labute approximate surface area is 182 Å². The van der Waals surface area contributed by atoms with E-state index in [0.717, 1.165) is 16.9 Å². The van der Waals surface area contributed by atoms with Crippen LogP contribution in [0.5, 0.6) is 11.5 Å². The van der Waals surface area contributed by atoms with E-state index >= 15 is 0 Å². The Kier molecular flexibility index (Phi) is 8.48. The molecule has 0 aliphatic carbocycles. The topological polar surface area (TPSA) is 82.8 Å². The molecule has 3 rings (SSSR count). The number of carboxylic acid groups (broad SMARTS) is 1. The van der Waals surface area contributed by atoms with Crippen LogP contribution in [0.4, 0.5) is 0 Å². The van der Waals surface area contributed by atoms with E-state index in [-0.39, 0.29) is 12.5 Å². The molecule has 1 unspecified atom stereocenters. The van der Waals surface area contributed by atoms with E-state index in [2.05, 4.69) is 5.10 Å². The predicted octanol–water partition coefficient (Wildman–Crippen LogP) is 3.81. The van der Waals surface area contributed by atoms with Crippen molar-refractivity contribution >= 4 is 5.97 Å². The van der Waals surface area contributed by atoms with Crippen LogP contribution in [-0.2, 0) is 22.5 Å². The van der Waals surface area contributed by atoms with Gasteiger partial charge in [-0.05, 0) is 48.7 Å². The van der Waals surface area contributed by atoms with Crippen LogP contribution in [0.3, 0.4) is 0 Å². The molecular formula is C24H28N2O5. The molecule has 0 saturated carbocycles. The summed E-state index contributed by atoms with van der Waals surface area (Å²) in [5.41, 5.74) is 1.87. The summed E-state index contributed by atoms with van der Waals surface area (Å²) in [7, 11) is 0. The molecule has 2 aromatic carbocycles. The number of para-hydroxylation sites is 1. The van der Waals surface area contributed by atoms with Gasteiger partial charge in [-0.1, -0.05) is 30.3 Å². The van der Waals surface area contributed by atoms with E-state index in [1.165, 1.54) is 0 Å². The molecule has 0 fully saturated rings. The Morgan fingerprint density at radius 2 is 1.90 bits per heavy atom. The Balaban J connectivity index is 1.68. The summed E-state index contributed by atoms with van der Waals surface area (Å²) < 4.78 is 19.5. The number of nitrogens with zero attached hydrogens (tertiary/aromatic N) is 2. The lowest BCUT2D eigenvalue weighted by atomic mass is 10.1. The van der Waals surface area contributed by atoms with Crippen LogP contribution in [0.1, 0.15) is 24.5 Å². The smallest absolute Gasteiger partial charge is 0.303 e. The van der Waals surface area contributed by atoms with Crippen molar-refractivity contribution in [2.45, 2.75) is 32.4 Å². The van der Waals surface area contributed by atoms with Gasteiger partial charge in [0.05, 0.1) is 6.54 Å².